The van der Waals surface area contributed by atoms with Crippen molar-refractivity contribution in [1.29, 1.82) is 0 Å². The first-order chi connectivity index (χ1) is 6.65. The van der Waals surface area contributed by atoms with Crippen molar-refractivity contribution in [3.63, 3.8) is 0 Å². The van der Waals surface area contributed by atoms with Gasteiger partial charge in [-0.3, -0.25) is 4.98 Å². The van der Waals surface area contributed by atoms with Crippen LogP contribution in [-0.4, -0.2) is 22.7 Å². The van der Waals surface area contributed by atoms with E-state index in [-0.39, 0.29) is 11.7 Å². The maximum atomic E-state index is 10.5. The molecule has 4 nitrogen and oxygen atoms in total. The van der Waals surface area contributed by atoms with Crippen LogP contribution in [0.4, 0.5) is 0 Å². The molecule has 0 saturated heterocycles. The molecule has 4 heteroatoms. The van der Waals surface area contributed by atoms with Crippen LogP contribution >= 0.6 is 0 Å². The van der Waals surface area contributed by atoms with Crippen LogP contribution in [-0.2, 0) is 4.74 Å². The van der Waals surface area contributed by atoms with Crippen LogP contribution in [0.1, 0.15) is 36.0 Å². The Morgan fingerprint density at radius 2 is 2.36 bits per heavy atom. The summed E-state index contributed by atoms with van der Waals surface area (Å²) in [5, 5.41) is 8.65. The number of ether oxygens (including phenoxy) is 1. The van der Waals surface area contributed by atoms with E-state index in [1.807, 2.05) is 13.8 Å². The lowest BCUT2D eigenvalue weighted by Gasteiger charge is -2.10. The Bertz CT molecular complexity index is 308. The summed E-state index contributed by atoms with van der Waals surface area (Å²) in [4.78, 5) is 14.5. The average molecular weight is 195 g/mol. The number of hydrogen-bond donors (Lipinski definition) is 1. The summed E-state index contributed by atoms with van der Waals surface area (Å²) in [6, 6.07) is 3.20. The Balaban J connectivity index is 2.77. The molecule has 0 radical (unpaired) electrons. The molecule has 1 aromatic rings. The van der Waals surface area contributed by atoms with Crippen LogP contribution in [0.2, 0.25) is 0 Å². The molecule has 1 N–H and O–H groups in total. The number of aromatic carboxylic acids is 1. The highest BCUT2D eigenvalue weighted by Crippen LogP contribution is 2.13. The first-order valence-corrected chi connectivity index (χ1v) is 4.46. The smallest absolute Gasteiger partial charge is 0.337 e. The maximum absolute atomic E-state index is 10.5. The van der Waals surface area contributed by atoms with Crippen LogP contribution in [0.5, 0.6) is 0 Å². The van der Waals surface area contributed by atoms with Crippen LogP contribution < -0.4 is 0 Å². The third-order valence-electron chi connectivity index (χ3n) is 1.87. The van der Waals surface area contributed by atoms with E-state index in [2.05, 4.69) is 4.98 Å². The molecular weight excluding hydrogens is 182 g/mol. The highest BCUT2D eigenvalue weighted by molar-refractivity contribution is 5.87. The summed E-state index contributed by atoms with van der Waals surface area (Å²) in [7, 11) is 0. The van der Waals surface area contributed by atoms with E-state index in [4.69, 9.17) is 9.84 Å². The maximum Gasteiger partial charge on any atom is 0.337 e. The van der Waals surface area contributed by atoms with E-state index < -0.39 is 5.97 Å². The number of carboxylic acid groups (broad SMARTS) is 1. The molecule has 14 heavy (non-hydrogen) atoms. The lowest BCUT2D eigenvalue weighted by Crippen LogP contribution is -2.04. The molecule has 1 aromatic heterocycles. The van der Waals surface area contributed by atoms with E-state index in [9.17, 15) is 4.79 Å². The molecule has 0 aromatic carbocycles. The predicted octanol–water partition coefficient (Wildman–Crippen LogP) is 1.88. The number of hydrogen-bond acceptors (Lipinski definition) is 3. The first-order valence-electron chi connectivity index (χ1n) is 4.46. The molecule has 0 aliphatic heterocycles. The number of aromatic nitrogens is 1. The molecule has 1 atom stereocenters. The van der Waals surface area contributed by atoms with Gasteiger partial charge in [-0.1, -0.05) is 0 Å². The van der Waals surface area contributed by atoms with Crippen molar-refractivity contribution in [3.05, 3.63) is 29.6 Å². The molecule has 0 aliphatic carbocycles. The second-order valence-corrected chi connectivity index (χ2v) is 2.87. The van der Waals surface area contributed by atoms with Crippen LogP contribution in [0.25, 0.3) is 0 Å². The van der Waals surface area contributed by atoms with E-state index >= 15 is 0 Å². The van der Waals surface area contributed by atoms with E-state index in [0.29, 0.717) is 6.61 Å². The van der Waals surface area contributed by atoms with Crippen molar-refractivity contribution in [2.45, 2.75) is 20.0 Å². The Morgan fingerprint density at radius 1 is 1.64 bits per heavy atom. The number of carboxylic acids is 1. The largest absolute Gasteiger partial charge is 0.478 e. The van der Waals surface area contributed by atoms with Gasteiger partial charge in [0.15, 0.2) is 0 Å². The van der Waals surface area contributed by atoms with Crippen molar-refractivity contribution in [2.24, 2.45) is 0 Å². The van der Waals surface area contributed by atoms with E-state index in [1.165, 1.54) is 12.3 Å². The molecule has 1 unspecified atom stereocenters. The number of rotatable bonds is 4. The molecule has 0 fully saturated rings. The minimum atomic E-state index is -0.965. The molecule has 1 rings (SSSR count). The Hall–Kier alpha value is -1.42. The molecule has 76 valence electrons. The van der Waals surface area contributed by atoms with Gasteiger partial charge in [0.1, 0.15) is 0 Å². The van der Waals surface area contributed by atoms with E-state index in [1.54, 1.807) is 6.07 Å². The van der Waals surface area contributed by atoms with Gasteiger partial charge in [-0.2, -0.15) is 0 Å². The highest BCUT2D eigenvalue weighted by atomic mass is 16.5. The van der Waals surface area contributed by atoms with Gasteiger partial charge in [0.25, 0.3) is 0 Å². The fourth-order valence-electron chi connectivity index (χ4n) is 1.11. The van der Waals surface area contributed by atoms with Gasteiger partial charge < -0.3 is 9.84 Å². The topological polar surface area (TPSA) is 59.4 Å². The summed E-state index contributed by atoms with van der Waals surface area (Å²) < 4.78 is 5.32. The average Bonchev–Trinajstić information content (AvgIpc) is 2.18. The number of nitrogens with zero attached hydrogens (tertiary/aromatic N) is 1. The molecular formula is C10H13NO3. The summed E-state index contributed by atoms with van der Waals surface area (Å²) in [6.07, 6.45) is 1.25. The fourth-order valence-corrected chi connectivity index (χ4v) is 1.11. The van der Waals surface area contributed by atoms with Crippen molar-refractivity contribution in [1.82, 2.24) is 4.98 Å². The molecule has 0 bridgehead atoms. The Morgan fingerprint density at radius 3 is 2.79 bits per heavy atom. The van der Waals surface area contributed by atoms with Gasteiger partial charge in [-0.25, -0.2) is 4.79 Å². The molecule has 0 amide bonds. The highest BCUT2D eigenvalue weighted by Gasteiger charge is 2.08. The van der Waals surface area contributed by atoms with Gasteiger partial charge in [0.2, 0.25) is 0 Å². The Kier molecular flexibility index (Phi) is 3.59. The van der Waals surface area contributed by atoms with Crippen molar-refractivity contribution < 1.29 is 14.6 Å². The van der Waals surface area contributed by atoms with Crippen LogP contribution in [0.3, 0.4) is 0 Å². The minimum Gasteiger partial charge on any atom is -0.478 e. The molecule has 0 spiro atoms. The first kappa shape index (κ1) is 10.7. The van der Waals surface area contributed by atoms with Gasteiger partial charge >= 0.3 is 5.97 Å². The van der Waals surface area contributed by atoms with Crippen LogP contribution in [0, 0.1) is 0 Å². The lowest BCUT2D eigenvalue weighted by molar-refractivity contribution is 0.0689. The van der Waals surface area contributed by atoms with Crippen LogP contribution in [0.15, 0.2) is 18.3 Å². The van der Waals surface area contributed by atoms with E-state index in [0.717, 1.165) is 5.69 Å². The third-order valence-corrected chi connectivity index (χ3v) is 1.87. The summed E-state index contributed by atoms with van der Waals surface area (Å²) in [5.41, 5.74) is 0.939. The van der Waals surface area contributed by atoms with Crippen molar-refractivity contribution in [2.75, 3.05) is 6.61 Å². The summed E-state index contributed by atoms with van der Waals surface area (Å²) in [5.74, 6) is -0.965. The zero-order valence-corrected chi connectivity index (χ0v) is 8.23. The number of pyridine rings is 1. The zero-order chi connectivity index (χ0) is 10.6. The minimum absolute atomic E-state index is 0.0946. The van der Waals surface area contributed by atoms with Crippen molar-refractivity contribution in [3.8, 4) is 0 Å². The SMILES string of the molecule is CCOC(C)c1ccc(C(=O)O)cn1. The van der Waals surface area contributed by atoms with Gasteiger partial charge in [0.05, 0.1) is 17.4 Å². The quantitative estimate of drug-likeness (QED) is 0.796. The summed E-state index contributed by atoms with van der Waals surface area (Å²) >= 11 is 0. The lowest BCUT2D eigenvalue weighted by atomic mass is 10.2. The third kappa shape index (κ3) is 2.53. The number of carbonyl (C=O) groups is 1. The molecule has 0 aliphatic rings. The predicted molar refractivity (Wildman–Crippen MR) is 51.2 cm³/mol. The summed E-state index contributed by atoms with van der Waals surface area (Å²) in [6.45, 7) is 4.40. The standard InChI is InChI=1S/C10H13NO3/c1-3-14-7(2)9-5-4-8(6-11-9)10(12)13/h4-7H,3H2,1-2H3,(H,12,13). The monoisotopic (exact) mass is 195 g/mol. The molecule has 1 heterocycles. The molecule has 0 saturated carbocycles. The normalized spacial score (nSPS) is 12.4. The van der Waals surface area contributed by atoms with Gasteiger partial charge in [-0.15, -0.1) is 0 Å². The van der Waals surface area contributed by atoms with Gasteiger partial charge in [0, 0.05) is 12.8 Å². The zero-order valence-electron chi connectivity index (χ0n) is 8.23. The second-order valence-electron chi connectivity index (χ2n) is 2.87. The second kappa shape index (κ2) is 4.72. The Labute approximate surface area is 82.5 Å². The fraction of sp³-hybridized carbons (Fsp3) is 0.400. The van der Waals surface area contributed by atoms with Crippen molar-refractivity contribution >= 4 is 5.97 Å². The van der Waals surface area contributed by atoms with Gasteiger partial charge in [-0.05, 0) is 26.0 Å².